The molecule has 0 N–H and O–H groups in total. The van der Waals surface area contributed by atoms with Crippen LogP contribution in [0.15, 0.2) is 97.1 Å². The first-order valence-electron chi connectivity index (χ1n) is 26.6. The predicted octanol–water partition coefficient (Wildman–Crippen LogP) is 6.95. The molecule has 418 valence electrons. The lowest BCUT2D eigenvalue weighted by Crippen LogP contribution is -2.32. The molecule has 0 saturated carbocycles. The zero-order chi connectivity index (χ0) is 53.1. The second-order valence-electron chi connectivity index (χ2n) is 17.8. The molecule has 0 aliphatic heterocycles. The standard InChI is InChI=1S/C58H80N2O16/c1-59(57(61)75-45-55-51-15-7-3-11-47(51)48-12-4-8-16-52(48)55)19-21-63-23-25-65-27-29-67-31-33-69-35-37-71-39-41-73-43-44-74-42-40-72-38-36-70-34-32-68-30-28-66-26-24-64-22-20-60(2)58(62)76-46-56-53-17-9-5-13-49(53)50-14-6-10-18-54(50)56/h3-18,55-56H,19-46H2,1-2H3. The predicted molar refractivity (Wildman–Crippen MR) is 285 cm³/mol. The van der Waals surface area contributed by atoms with Gasteiger partial charge in [0.25, 0.3) is 0 Å². The van der Waals surface area contributed by atoms with Crippen LogP contribution in [0.5, 0.6) is 0 Å². The molecular weight excluding hydrogens is 981 g/mol. The number of hydrogen-bond donors (Lipinski definition) is 0. The Kier molecular flexibility index (Phi) is 29.2. The summed E-state index contributed by atoms with van der Waals surface area (Å²) >= 11 is 0. The number of carbonyl (C=O) groups is 2. The van der Waals surface area contributed by atoms with Gasteiger partial charge >= 0.3 is 12.2 Å². The van der Waals surface area contributed by atoms with E-state index in [9.17, 15) is 9.59 Å². The molecule has 18 nitrogen and oxygen atoms in total. The van der Waals surface area contributed by atoms with E-state index in [0.29, 0.717) is 185 Å². The van der Waals surface area contributed by atoms with E-state index in [2.05, 4.69) is 48.5 Å². The van der Waals surface area contributed by atoms with E-state index < -0.39 is 0 Å². The van der Waals surface area contributed by atoms with Crippen molar-refractivity contribution >= 4 is 12.2 Å². The van der Waals surface area contributed by atoms with Gasteiger partial charge in [0.05, 0.1) is 159 Å². The van der Waals surface area contributed by atoms with Crippen molar-refractivity contribution in [3.05, 3.63) is 119 Å². The summed E-state index contributed by atoms with van der Waals surface area (Å²) in [4.78, 5) is 28.4. The second kappa shape index (κ2) is 36.9. The van der Waals surface area contributed by atoms with Crippen LogP contribution in [0, 0.1) is 0 Å². The third kappa shape index (κ3) is 21.4. The maximum absolute atomic E-state index is 12.7. The van der Waals surface area contributed by atoms with Crippen LogP contribution < -0.4 is 0 Å². The summed E-state index contributed by atoms with van der Waals surface area (Å²) in [5.74, 6) is 0.0611. The molecular formula is C58H80N2O16. The number of nitrogens with zero attached hydrogens (tertiary/aromatic N) is 2. The van der Waals surface area contributed by atoms with Crippen molar-refractivity contribution in [1.82, 2.24) is 9.80 Å². The lowest BCUT2D eigenvalue weighted by atomic mass is 9.98. The highest BCUT2D eigenvalue weighted by molar-refractivity contribution is 5.80. The van der Waals surface area contributed by atoms with Gasteiger partial charge in [-0.25, -0.2) is 9.59 Å². The minimum Gasteiger partial charge on any atom is -0.448 e. The Bertz CT molecular complexity index is 1970. The molecule has 0 saturated heterocycles. The van der Waals surface area contributed by atoms with Crippen molar-refractivity contribution in [1.29, 1.82) is 0 Å². The molecule has 2 aliphatic carbocycles. The fourth-order valence-corrected chi connectivity index (χ4v) is 8.52. The van der Waals surface area contributed by atoms with E-state index >= 15 is 0 Å². The molecule has 0 radical (unpaired) electrons. The molecule has 4 aromatic carbocycles. The molecule has 2 amide bonds. The number of hydrogen-bond acceptors (Lipinski definition) is 16. The van der Waals surface area contributed by atoms with E-state index in [1.54, 1.807) is 14.1 Å². The van der Waals surface area contributed by atoms with Gasteiger partial charge in [-0.05, 0) is 44.5 Å². The molecule has 0 atom stereocenters. The summed E-state index contributed by atoms with van der Waals surface area (Å²) in [6.45, 7) is 12.4. The van der Waals surface area contributed by atoms with Crippen LogP contribution in [0.3, 0.4) is 0 Å². The average molecular weight is 1060 g/mol. The Labute approximate surface area is 448 Å². The van der Waals surface area contributed by atoms with Crippen LogP contribution in [0.25, 0.3) is 22.3 Å². The van der Waals surface area contributed by atoms with Crippen LogP contribution in [-0.2, 0) is 66.3 Å². The number of benzene rings is 4. The number of likely N-dealkylation sites (N-methyl/N-ethyl adjacent to an activating group) is 2. The van der Waals surface area contributed by atoms with Gasteiger partial charge in [0.2, 0.25) is 0 Å². The summed E-state index contributed by atoms with van der Waals surface area (Å²) < 4.78 is 78.1. The highest BCUT2D eigenvalue weighted by Gasteiger charge is 2.31. The molecule has 76 heavy (non-hydrogen) atoms. The van der Waals surface area contributed by atoms with Crippen LogP contribution in [0.2, 0.25) is 0 Å². The maximum Gasteiger partial charge on any atom is 0.409 e. The van der Waals surface area contributed by atoms with Gasteiger partial charge in [-0.15, -0.1) is 0 Å². The second-order valence-corrected chi connectivity index (χ2v) is 17.8. The fraction of sp³-hybridized carbons (Fsp3) is 0.552. The first-order chi connectivity index (χ1) is 37.5. The van der Waals surface area contributed by atoms with Gasteiger partial charge in [0.1, 0.15) is 13.2 Å². The minimum absolute atomic E-state index is 0.0306. The lowest BCUT2D eigenvalue weighted by Gasteiger charge is -2.19. The molecule has 0 spiro atoms. The number of rotatable bonds is 43. The first-order valence-corrected chi connectivity index (χ1v) is 26.6. The Hall–Kier alpha value is -5.06. The lowest BCUT2D eigenvalue weighted by molar-refractivity contribution is -0.0285. The van der Waals surface area contributed by atoms with Gasteiger partial charge < -0.3 is 76.1 Å². The molecule has 0 unspecified atom stereocenters. The van der Waals surface area contributed by atoms with Gasteiger partial charge in [0.15, 0.2) is 0 Å². The number of ether oxygens (including phenoxy) is 14. The zero-order valence-corrected chi connectivity index (χ0v) is 44.6. The monoisotopic (exact) mass is 1060 g/mol. The van der Waals surface area contributed by atoms with Crippen molar-refractivity contribution in [3.8, 4) is 22.3 Å². The summed E-state index contributed by atoms with van der Waals surface area (Å²) in [6, 6.07) is 33.1. The third-order valence-corrected chi connectivity index (χ3v) is 12.5. The van der Waals surface area contributed by atoms with Crippen molar-refractivity contribution < 1.29 is 75.9 Å². The Morgan fingerprint density at radius 3 is 0.697 bits per heavy atom. The Morgan fingerprint density at radius 2 is 0.487 bits per heavy atom. The van der Waals surface area contributed by atoms with Crippen LogP contribution in [0.4, 0.5) is 9.59 Å². The summed E-state index contributed by atoms with van der Waals surface area (Å²) in [5.41, 5.74) is 9.56. The van der Waals surface area contributed by atoms with Crippen molar-refractivity contribution in [2.45, 2.75) is 11.8 Å². The Morgan fingerprint density at radius 1 is 0.303 bits per heavy atom. The fourth-order valence-electron chi connectivity index (χ4n) is 8.52. The first kappa shape index (κ1) is 60.2. The highest BCUT2D eigenvalue weighted by Crippen LogP contribution is 2.45. The van der Waals surface area contributed by atoms with Crippen LogP contribution in [0.1, 0.15) is 34.1 Å². The normalized spacial score (nSPS) is 12.6. The van der Waals surface area contributed by atoms with Gasteiger partial charge in [-0.1, -0.05) is 97.1 Å². The van der Waals surface area contributed by atoms with E-state index in [-0.39, 0.29) is 24.0 Å². The molecule has 4 aromatic rings. The summed E-state index contributed by atoms with van der Waals surface area (Å²) in [5, 5.41) is 0. The Balaban J connectivity index is 0.584. The largest absolute Gasteiger partial charge is 0.448 e. The summed E-state index contributed by atoms with van der Waals surface area (Å²) in [7, 11) is 3.42. The SMILES string of the molecule is CN(CCOCCOCCOCCOCCOCCOCCOCCOCCOCCOCCOCCOCCN(C)C(=O)OCC1c2ccccc2-c2ccccc21)C(=O)OCC1c2ccccc2-c2ccccc21. The van der Waals surface area contributed by atoms with Crippen molar-refractivity contribution in [3.63, 3.8) is 0 Å². The average Bonchev–Trinajstić information content (AvgIpc) is 4.00. The molecule has 2 aliphatic rings. The molecule has 0 bridgehead atoms. The van der Waals surface area contributed by atoms with E-state index in [0.717, 1.165) is 0 Å². The molecule has 6 rings (SSSR count). The third-order valence-electron chi connectivity index (χ3n) is 12.5. The van der Waals surface area contributed by atoms with Crippen LogP contribution >= 0.6 is 0 Å². The van der Waals surface area contributed by atoms with Gasteiger partial charge in [0, 0.05) is 39.0 Å². The molecule has 0 fully saturated rings. The smallest absolute Gasteiger partial charge is 0.409 e. The molecule has 18 heteroatoms. The zero-order valence-electron chi connectivity index (χ0n) is 44.6. The minimum atomic E-state index is -0.370. The van der Waals surface area contributed by atoms with Crippen molar-refractivity contribution in [2.24, 2.45) is 0 Å². The van der Waals surface area contributed by atoms with E-state index in [1.807, 2.05) is 48.5 Å². The topological polar surface area (TPSA) is 170 Å². The number of amides is 2. The van der Waals surface area contributed by atoms with Gasteiger partial charge in [-0.3, -0.25) is 0 Å². The van der Waals surface area contributed by atoms with Gasteiger partial charge in [-0.2, -0.15) is 0 Å². The van der Waals surface area contributed by atoms with E-state index in [4.69, 9.17) is 66.3 Å². The molecule has 0 heterocycles. The van der Waals surface area contributed by atoms with Crippen LogP contribution in [-0.4, -0.2) is 221 Å². The molecule has 0 aromatic heterocycles. The maximum atomic E-state index is 12.7. The highest BCUT2D eigenvalue weighted by atomic mass is 16.6. The van der Waals surface area contributed by atoms with Crippen molar-refractivity contribution in [2.75, 3.05) is 199 Å². The summed E-state index contributed by atoms with van der Waals surface area (Å²) in [6.07, 6.45) is -0.739. The van der Waals surface area contributed by atoms with E-state index in [1.165, 1.54) is 54.3 Å². The number of fused-ring (bicyclic) bond motifs is 6. The number of carbonyl (C=O) groups excluding carboxylic acids is 2. The quantitative estimate of drug-likeness (QED) is 0.0417.